The molecule has 0 rings (SSSR count). The summed E-state index contributed by atoms with van der Waals surface area (Å²) in [5.74, 6) is 0. The summed E-state index contributed by atoms with van der Waals surface area (Å²) in [6.07, 6.45) is -1.97. The summed E-state index contributed by atoms with van der Waals surface area (Å²) in [7, 11) is 0. The maximum Gasteiger partial charge on any atom is 0.106 e. The van der Waals surface area contributed by atoms with Crippen molar-refractivity contribution in [2.24, 2.45) is 11.5 Å². The van der Waals surface area contributed by atoms with Crippen LogP contribution in [0.15, 0.2) is 0 Å². The second-order valence-corrected chi connectivity index (χ2v) is 1.37. The number of hydrogen-bond acceptors (Lipinski definition) is 4. The van der Waals surface area contributed by atoms with Crippen molar-refractivity contribution in [1.29, 1.82) is 0 Å². The van der Waals surface area contributed by atoms with Gasteiger partial charge in [-0.1, -0.05) is 0 Å². The smallest absolute Gasteiger partial charge is 0.106 e. The molecular formula is C3H10N2O2. The molecule has 0 heterocycles. The Morgan fingerprint density at radius 1 is 1.14 bits per heavy atom. The van der Waals surface area contributed by atoms with Crippen molar-refractivity contribution in [1.82, 2.24) is 0 Å². The van der Waals surface area contributed by atoms with E-state index in [1.54, 1.807) is 0 Å². The Bertz CT molecular complexity index is 40.2. The summed E-state index contributed by atoms with van der Waals surface area (Å²) in [5, 5.41) is 16.5. The van der Waals surface area contributed by atoms with Gasteiger partial charge >= 0.3 is 0 Å². The van der Waals surface area contributed by atoms with E-state index in [1.807, 2.05) is 0 Å². The van der Waals surface area contributed by atoms with Gasteiger partial charge in [-0.2, -0.15) is 0 Å². The fraction of sp³-hybridized carbons (Fsp3) is 1.00. The van der Waals surface area contributed by atoms with Crippen LogP contribution in [0.5, 0.6) is 0 Å². The molecule has 0 aromatic rings. The molecule has 0 aromatic carbocycles. The van der Waals surface area contributed by atoms with Crippen LogP contribution in [-0.2, 0) is 0 Å². The molecule has 0 saturated carbocycles. The van der Waals surface area contributed by atoms with Crippen LogP contribution in [-0.4, -0.2) is 22.7 Å². The molecule has 4 nitrogen and oxygen atoms in total. The lowest BCUT2D eigenvalue weighted by Gasteiger charge is -2.04. The topological polar surface area (TPSA) is 92.5 Å². The minimum Gasteiger partial charge on any atom is -0.379 e. The zero-order valence-electron chi connectivity index (χ0n) is 3.91. The molecule has 0 amide bonds. The maximum absolute atomic E-state index is 8.26. The van der Waals surface area contributed by atoms with E-state index < -0.39 is 12.5 Å². The molecule has 44 valence electrons. The lowest BCUT2D eigenvalue weighted by atomic mass is 10.4. The largest absolute Gasteiger partial charge is 0.379 e. The average Bonchev–Trinajstić information content (AvgIpc) is 1.27. The van der Waals surface area contributed by atoms with Crippen LogP contribution < -0.4 is 11.5 Å². The molecular weight excluding hydrogens is 96.0 g/mol. The molecule has 2 atom stereocenters. The average molecular weight is 106 g/mol. The van der Waals surface area contributed by atoms with Crippen molar-refractivity contribution in [3.8, 4) is 0 Å². The molecule has 0 spiro atoms. The van der Waals surface area contributed by atoms with Crippen LogP contribution in [0.2, 0.25) is 0 Å². The van der Waals surface area contributed by atoms with Gasteiger partial charge in [0.15, 0.2) is 0 Å². The van der Waals surface area contributed by atoms with Gasteiger partial charge < -0.3 is 21.7 Å². The second-order valence-electron chi connectivity index (χ2n) is 1.37. The maximum atomic E-state index is 8.26. The van der Waals surface area contributed by atoms with Gasteiger partial charge in [0.25, 0.3) is 0 Å². The number of aliphatic hydroxyl groups excluding tert-OH is 2. The molecule has 0 aliphatic rings. The first-order valence-corrected chi connectivity index (χ1v) is 2.00. The molecule has 0 radical (unpaired) electrons. The molecule has 0 bridgehead atoms. The predicted molar refractivity (Wildman–Crippen MR) is 25.0 cm³/mol. The predicted octanol–water partition coefficient (Wildman–Crippen LogP) is -2.07. The lowest BCUT2D eigenvalue weighted by molar-refractivity contribution is 0.0882. The standard InChI is InChI=1S/C3H10N2O2/c4-2(6)1-3(5)7/h2-3,6-7H,1,4-5H2. The van der Waals surface area contributed by atoms with Gasteiger partial charge in [0.2, 0.25) is 0 Å². The first kappa shape index (κ1) is 6.84. The first-order chi connectivity index (χ1) is 3.13. The van der Waals surface area contributed by atoms with E-state index in [0.717, 1.165) is 0 Å². The van der Waals surface area contributed by atoms with Crippen LogP contribution in [0, 0.1) is 0 Å². The van der Waals surface area contributed by atoms with Crippen molar-refractivity contribution >= 4 is 0 Å². The van der Waals surface area contributed by atoms with Crippen LogP contribution in [0.25, 0.3) is 0 Å². The van der Waals surface area contributed by atoms with Gasteiger partial charge in [-0.05, 0) is 0 Å². The summed E-state index contributed by atoms with van der Waals surface area (Å²) < 4.78 is 0. The third-order valence-corrected chi connectivity index (χ3v) is 0.483. The van der Waals surface area contributed by atoms with Crippen molar-refractivity contribution < 1.29 is 10.2 Å². The van der Waals surface area contributed by atoms with E-state index in [1.165, 1.54) is 0 Å². The number of aliphatic hydroxyl groups is 2. The Labute approximate surface area is 41.7 Å². The summed E-state index contributed by atoms with van der Waals surface area (Å²) in [5.41, 5.74) is 9.62. The van der Waals surface area contributed by atoms with E-state index in [-0.39, 0.29) is 6.42 Å². The summed E-state index contributed by atoms with van der Waals surface area (Å²) in [6.45, 7) is 0. The van der Waals surface area contributed by atoms with Gasteiger partial charge in [0.05, 0.1) is 0 Å². The molecule has 2 unspecified atom stereocenters. The lowest BCUT2D eigenvalue weighted by Crippen LogP contribution is -2.30. The van der Waals surface area contributed by atoms with E-state index in [0.29, 0.717) is 0 Å². The molecule has 6 N–H and O–H groups in total. The second kappa shape index (κ2) is 2.92. The first-order valence-electron chi connectivity index (χ1n) is 2.00. The summed E-state index contributed by atoms with van der Waals surface area (Å²) in [4.78, 5) is 0. The minimum atomic E-state index is -1.00. The normalized spacial score (nSPS) is 18.9. The highest BCUT2D eigenvalue weighted by molar-refractivity contribution is 4.48. The number of rotatable bonds is 2. The van der Waals surface area contributed by atoms with Crippen molar-refractivity contribution in [3.63, 3.8) is 0 Å². The molecule has 0 fully saturated rings. The number of nitrogens with two attached hydrogens (primary N) is 2. The van der Waals surface area contributed by atoms with Gasteiger partial charge in [0.1, 0.15) is 12.5 Å². The highest BCUT2D eigenvalue weighted by Crippen LogP contribution is 1.82. The summed E-state index contributed by atoms with van der Waals surface area (Å²) >= 11 is 0. The molecule has 0 aliphatic carbocycles. The van der Waals surface area contributed by atoms with E-state index in [4.69, 9.17) is 21.7 Å². The van der Waals surface area contributed by atoms with Gasteiger partial charge in [0, 0.05) is 6.42 Å². The minimum absolute atomic E-state index is 0.0278. The molecule has 4 heteroatoms. The zero-order chi connectivity index (χ0) is 5.86. The summed E-state index contributed by atoms with van der Waals surface area (Å²) in [6, 6.07) is 0. The van der Waals surface area contributed by atoms with Crippen LogP contribution in [0.3, 0.4) is 0 Å². The highest BCUT2D eigenvalue weighted by atomic mass is 16.3. The molecule has 0 aliphatic heterocycles. The van der Waals surface area contributed by atoms with Gasteiger partial charge in [-0.15, -0.1) is 0 Å². The monoisotopic (exact) mass is 106 g/mol. The van der Waals surface area contributed by atoms with E-state index in [9.17, 15) is 0 Å². The van der Waals surface area contributed by atoms with E-state index in [2.05, 4.69) is 0 Å². The Morgan fingerprint density at radius 2 is 1.43 bits per heavy atom. The third kappa shape index (κ3) is 5.84. The fourth-order valence-electron chi connectivity index (χ4n) is 0.247. The Kier molecular flexibility index (Phi) is 2.86. The highest BCUT2D eigenvalue weighted by Gasteiger charge is 1.99. The van der Waals surface area contributed by atoms with Crippen molar-refractivity contribution in [2.75, 3.05) is 0 Å². The Morgan fingerprint density at radius 3 is 1.43 bits per heavy atom. The van der Waals surface area contributed by atoms with Crippen molar-refractivity contribution in [3.05, 3.63) is 0 Å². The zero-order valence-corrected chi connectivity index (χ0v) is 3.91. The molecule has 0 aromatic heterocycles. The third-order valence-electron chi connectivity index (χ3n) is 0.483. The number of hydrogen-bond donors (Lipinski definition) is 4. The van der Waals surface area contributed by atoms with Crippen LogP contribution in [0.1, 0.15) is 6.42 Å². The fourth-order valence-corrected chi connectivity index (χ4v) is 0.247. The van der Waals surface area contributed by atoms with Crippen LogP contribution in [0.4, 0.5) is 0 Å². The molecule has 7 heavy (non-hydrogen) atoms. The van der Waals surface area contributed by atoms with Crippen LogP contribution >= 0.6 is 0 Å². The van der Waals surface area contributed by atoms with Gasteiger partial charge in [-0.3, -0.25) is 0 Å². The quantitative estimate of drug-likeness (QED) is 0.304. The van der Waals surface area contributed by atoms with E-state index >= 15 is 0 Å². The SMILES string of the molecule is NC(O)CC(N)O. The van der Waals surface area contributed by atoms with Gasteiger partial charge in [-0.25, -0.2) is 0 Å². The van der Waals surface area contributed by atoms with Crippen molar-refractivity contribution in [2.45, 2.75) is 18.9 Å². The molecule has 0 saturated heterocycles. The Balaban J connectivity index is 2.95. The Hall–Kier alpha value is -0.160.